The Kier molecular flexibility index (Phi) is 5.98. The third kappa shape index (κ3) is 5.17. The van der Waals surface area contributed by atoms with Gasteiger partial charge in [0.25, 0.3) is 11.8 Å². The lowest BCUT2D eigenvalue weighted by Gasteiger charge is -2.28. The second kappa shape index (κ2) is 8.29. The first kappa shape index (κ1) is 20.9. The van der Waals surface area contributed by atoms with E-state index in [1.54, 1.807) is 25.1 Å². The first-order chi connectivity index (χ1) is 13.6. The first-order valence-electron chi connectivity index (χ1n) is 9.70. The van der Waals surface area contributed by atoms with Crippen molar-refractivity contribution in [2.45, 2.75) is 33.7 Å². The van der Waals surface area contributed by atoms with Gasteiger partial charge in [0.2, 0.25) is 0 Å². The average Bonchev–Trinajstić information content (AvgIpc) is 2.64. The Labute approximate surface area is 170 Å². The highest BCUT2D eigenvalue weighted by Crippen LogP contribution is 2.26. The van der Waals surface area contributed by atoms with Crippen LogP contribution in [-0.4, -0.2) is 42.5 Å². The molecular formula is C22H27FN4O2. The Morgan fingerprint density at radius 3 is 2.45 bits per heavy atom. The van der Waals surface area contributed by atoms with Crippen LogP contribution >= 0.6 is 0 Å². The van der Waals surface area contributed by atoms with Crippen molar-refractivity contribution in [1.29, 1.82) is 0 Å². The molecule has 3 rings (SSSR count). The highest BCUT2D eigenvalue weighted by molar-refractivity contribution is 5.96. The zero-order chi connectivity index (χ0) is 21.2. The van der Waals surface area contributed by atoms with Crippen molar-refractivity contribution in [1.82, 2.24) is 20.9 Å². The number of carbonyl (C=O) groups excluding carboxylic acids is 2. The van der Waals surface area contributed by atoms with Crippen molar-refractivity contribution in [3.8, 4) is 11.3 Å². The molecule has 2 amide bonds. The molecule has 2 aromatic rings. The normalized spacial score (nSPS) is 14.2. The van der Waals surface area contributed by atoms with E-state index in [1.807, 2.05) is 20.8 Å². The van der Waals surface area contributed by atoms with Gasteiger partial charge in [-0.1, -0.05) is 20.8 Å². The van der Waals surface area contributed by atoms with E-state index in [1.165, 1.54) is 12.3 Å². The number of amides is 2. The van der Waals surface area contributed by atoms with Gasteiger partial charge < -0.3 is 16.0 Å². The molecule has 0 radical (unpaired) electrons. The van der Waals surface area contributed by atoms with E-state index in [0.29, 0.717) is 42.0 Å². The van der Waals surface area contributed by atoms with Crippen molar-refractivity contribution < 1.29 is 14.0 Å². The van der Waals surface area contributed by atoms with Crippen molar-refractivity contribution in [3.63, 3.8) is 0 Å². The summed E-state index contributed by atoms with van der Waals surface area (Å²) < 4.78 is 14.5. The summed E-state index contributed by atoms with van der Waals surface area (Å²) in [6.45, 7) is 9.74. The number of pyridine rings is 1. The van der Waals surface area contributed by atoms with Gasteiger partial charge in [0.1, 0.15) is 5.82 Å². The first-order valence-corrected chi connectivity index (χ1v) is 9.70. The lowest BCUT2D eigenvalue weighted by atomic mass is 9.97. The van der Waals surface area contributed by atoms with Crippen LogP contribution in [0, 0.1) is 18.2 Å². The molecule has 1 aromatic carbocycles. The Bertz CT molecular complexity index is 916. The summed E-state index contributed by atoms with van der Waals surface area (Å²) in [6, 6.07) is 6.28. The van der Waals surface area contributed by atoms with E-state index >= 15 is 0 Å². The van der Waals surface area contributed by atoms with Gasteiger partial charge in [-0.15, -0.1) is 0 Å². The third-order valence-electron chi connectivity index (χ3n) is 4.80. The summed E-state index contributed by atoms with van der Waals surface area (Å²) in [4.78, 5) is 29.0. The minimum atomic E-state index is -0.465. The highest BCUT2D eigenvalue weighted by atomic mass is 19.1. The molecule has 2 heterocycles. The Hall–Kier alpha value is -2.80. The lowest BCUT2D eigenvalue weighted by Crippen LogP contribution is -2.56. The zero-order valence-corrected chi connectivity index (χ0v) is 17.2. The van der Waals surface area contributed by atoms with Gasteiger partial charge in [-0.2, -0.15) is 0 Å². The van der Waals surface area contributed by atoms with Crippen LogP contribution in [0.25, 0.3) is 11.3 Å². The van der Waals surface area contributed by atoms with Gasteiger partial charge in [-0.25, -0.2) is 4.39 Å². The number of nitrogens with zero attached hydrogens (tertiary/aromatic N) is 1. The van der Waals surface area contributed by atoms with E-state index in [0.717, 1.165) is 0 Å². The molecule has 0 bridgehead atoms. The van der Waals surface area contributed by atoms with Crippen LogP contribution in [0.3, 0.4) is 0 Å². The smallest absolute Gasteiger partial charge is 0.252 e. The van der Waals surface area contributed by atoms with Crippen molar-refractivity contribution in [3.05, 3.63) is 53.0 Å². The fourth-order valence-corrected chi connectivity index (χ4v) is 2.87. The summed E-state index contributed by atoms with van der Waals surface area (Å²) in [7, 11) is 0. The monoisotopic (exact) mass is 398 g/mol. The van der Waals surface area contributed by atoms with Crippen LogP contribution in [0.2, 0.25) is 0 Å². The van der Waals surface area contributed by atoms with Crippen LogP contribution in [0.4, 0.5) is 4.39 Å². The van der Waals surface area contributed by atoms with Crippen molar-refractivity contribution in [2.75, 3.05) is 19.6 Å². The minimum Gasteiger partial charge on any atom is -0.351 e. The highest BCUT2D eigenvalue weighted by Gasteiger charge is 2.21. The molecule has 1 fully saturated rings. The van der Waals surface area contributed by atoms with Gasteiger partial charge in [-0.05, 0) is 42.2 Å². The number of nitrogens with one attached hydrogen (secondary N) is 3. The SMILES string of the molecule is Cc1c(F)cc(C(=O)NC2CNC2)cc1-c1ccc(C(=O)NCC(C)(C)C)cn1. The predicted molar refractivity (Wildman–Crippen MR) is 110 cm³/mol. The van der Waals surface area contributed by atoms with E-state index in [9.17, 15) is 14.0 Å². The zero-order valence-electron chi connectivity index (χ0n) is 17.2. The molecule has 0 aliphatic carbocycles. The van der Waals surface area contributed by atoms with Crippen LogP contribution in [-0.2, 0) is 0 Å². The van der Waals surface area contributed by atoms with E-state index in [-0.39, 0.29) is 28.8 Å². The van der Waals surface area contributed by atoms with Crippen LogP contribution < -0.4 is 16.0 Å². The summed E-state index contributed by atoms with van der Waals surface area (Å²) in [5.74, 6) is -0.980. The number of carbonyl (C=O) groups is 2. The summed E-state index contributed by atoms with van der Waals surface area (Å²) in [6.07, 6.45) is 1.47. The molecule has 154 valence electrons. The minimum absolute atomic E-state index is 0.0196. The number of aromatic nitrogens is 1. The number of halogens is 1. The van der Waals surface area contributed by atoms with Gasteiger partial charge in [0, 0.05) is 37.0 Å². The quantitative estimate of drug-likeness (QED) is 0.723. The molecule has 1 aliphatic heterocycles. The van der Waals surface area contributed by atoms with Gasteiger partial charge in [0.15, 0.2) is 0 Å². The molecule has 7 heteroatoms. The van der Waals surface area contributed by atoms with Crippen molar-refractivity contribution in [2.24, 2.45) is 5.41 Å². The third-order valence-corrected chi connectivity index (χ3v) is 4.80. The maximum Gasteiger partial charge on any atom is 0.252 e. The molecule has 0 unspecified atom stereocenters. The van der Waals surface area contributed by atoms with Crippen LogP contribution in [0.5, 0.6) is 0 Å². The molecule has 29 heavy (non-hydrogen) atoms. The predicted octanol–water partition coefficient (Wildman–Crippen LogP) is 2.67. The molecule has 0 spiro atoms. The fourth-order valence-electron chi connectivity index (χ4n) is 2.87. The molecule has 0 atom stereocenters. The fraction of sp³-hybridized carbons (Fsp3) is 0.409. The molecule has 0 saturated carbocycles. The molecule has 1 saturated heterocycles. The molecule has 6 nitrogen and oxygen atoms in total. The lowest BCUT2D eigenvalue weighted by molar-refractivity contribution is 0.0920. The number of hydrogen-bond donors (Lipinski definition) is 3. The molecule has 1 aromatic heterocycles. The number of rotatable bonds is 5. The van der Waals surface area contributed by atoms with E-state index < -0.39 is 5.82 Å². The number of hydrogen-bond acceptors (Lipinski definition) is 4. The number of benzene rings is 1. The standard InChI is InChI=1S/C22H27FN4O2/c1-13-17(7-15(8-18(13)23)21(29)27-16-10-24-11-16)19-6-5-14(9-25-19)20(28)26-12-22(2,3)4/h5-9,16,24H,10-12H2,1-4H3,(H,26,28)(H,27,29). The Morgan fingerprint density at radius 1 is 1.17 bits per heavy atom. The van der Waals surface area contributed by atoms with Gasteiger partial charge in [-0.3, -0.25) is 14.6 Å². The summed E-state index contributed by atoms with van der Waals surface area (Å²) in [5, 5.41) is 8.82. The summed E-state index contributed by atoms with van der Waals surface area (Å²) >= 11 is 0. The molecule has 1 aliphatic rings. The van der Waals surface area contributed by atoms with E-state index in [4.69, 9.17) is 0 Å². The van der Waals surface area contributed by atoms with Gasteiger partial charge in [0.05, 0.1) is 17.3 Å². The van der Waals surface area contributed by atoms with Gasteiger partial charge >= 0.3 is 0 Å². The second-order valence-corrected chi connectivity index (χ2v) is 8.63. The Balaban J connectivity index is 1.80. The van der Waals surface area contributed by atoms with E-state index in [2.05, 4.69) is 20.9 Å². The van der Waals surface area contributed by atoms with Crippen LogP contribution in [0.1, 0.15) is 47.1 Å². The molecule has 3 N–H and O–H groups in total. The van der Waals surface area contributed by atoms with Crippen molar-refractivity contribution >= 4 is 11.8 Å². The largest absolute Gasteiger partial charge is 0.351 e. The maximum absolute atomic E-state index is 14.5. The maximum atomic E-state index is 14.5. The summed E-state index contributed by atoms with van der Waals surface area (Å²) in [5.41, 5.74) is 2.11. The Morgan fingerprint density at radius 2 is 1.90 bits per heavy atom. The second-order valence-electron chi connectivity index (χ2n) is 8.63. The topological polar surface area (TPSA) is 83.1 Å². The average molecular weight is 398 g/mol. The van der Waals surface area contributed by atoms with Crippen LogP contribution in [0.15, 0.2) is 30.5 Å². The molecular weight excluding hydrogens is 371 g/mol.